The maximum atomic E-state index is 14.3. The van der Waals surface area contributed by atoms with Crippen LogP contribution in [0.3, 0.4) is 0 Å². The lowest BCUT2D eigenvalue weighted by Crippen LogP contribution is -2.14. The molecule has 0 aliphatic heterocycles. The molecule has 1 unspecified atom stereocenters. The Hall–Kier alpha value is -3.46. The van der Waals surface area contributed by atoms with Gasteiger partial charge in [0.2, 0.25) is 15.9 Å². The number of nitrogens with zero attached hydrogens (tertiary/aromatic N) is 1. The summed E-state index contributed by atoms with van der Waals surface area (Å²) in [6.07, 6.45) is 1.58. The number of anilines is 1. The highest BCUT2D eigenvalue weighted by Crippen LogP contribution is 2.25. The minimum atomic E-state index is -3.60. The molecule has 1 atom stereocenters. The van der Waals surface area contributed by atoms with Crippen molar-refractivity contribution in [2.45, 2.75) is 32.6 Å². The Morgan fingerprint density at radius 3 is 2.46 bits per heavy atom. The van der Waals surface area contributed by atoms with Crippen molar-refractivity contribution in [3.8, 4) is 11.6 Å². The Kier molecular flexibility index (Phi) is 8.81. The maximum Gasteiger partial charge on any atom is 0.229 e. The average molecular weight is 501 g/mol. The summed E-state index contributed by atoms with van der Waals surface area (Å²) in [5.74, 6) is -0.149. The van der Waals surface area contributed by atoms with E-state index in [-0.39, 0.29) is 17.9 Å². The zero-order valence-electron chi connectivity index (χ0n) is 20.0. The first-order chi connectivity index (χ1) is 16.6. The van der Waals surface area contributed by atoms with E-state index >= 15 is 0 Å². The average Bonchev–Trinajstić information content (AvgIpc) is 2.81. The predicted molar refractivity (Wildman–Crippen MR) is 133 cm³/mol. The molecule has 1 N–H and O–H groups in total. The Bertz CT molecular complexity index is 1270. The number of benzene rings is 2. The van der Waals surface area contributed by atoms with Crippen LogP contribution in [0.1, 0.15) is 36.1 Å². The first kappa shape index (κ1) is 26.2. The molecule has 35 heavy (non-hydrogen) atoms. The molecule has 0 radical (unpaired) electrons. The van der Waals surface area contributed by atoms with Crippen molar-refractivity contribution in [1.82, 2.24) is 4.98 Å². The number of ether oxygens (including phenoxy) is 2. The summed E-state index contributed by atoms with van der Waals surface area (Å²) in [4.78, 5) is 17.3. The molecule has 3 aromatic rings. The van der Waals surface area contributed by atoms with Crippen molar-refractivity contribution in [2.75, 3.05) is 24.2 Å². The minimum Gasteiger partial charge on any atom is -0.490 e. The van der Waals surface area contributed by atoms with E-state index in [1.165, 1.54) is 12.1 Å². The van der Waals surface area contributed by atoms with E-state index in [4.69, 9.17) is 9.47 Å². The fourth-order valence-corrected chi connectivity index (χ4v) is 4.00. The highest BCUT2D eigenvalue weighted by molar-refractivity contribution is 7.92. The van der Waals surface area contributed by atoms with Gasteiger partial charge in [0.25, 0.3) is 0 Å². The number of pyridine rings is 1. The van der Waals surface area contributed by atoms with Gasteiger partial charge in [0.1, 0.15) is 30.6 Å². The molecule has 0 aliphatic rings. The second-order valence-electron chi connectivity index (χ2n) is 8.23. The zero-order valence-corrected chi connectivity index (χ0v) is 20.8. The molecule has 7 nitrogen and oxygen atoms in total. The van der Waals surface area contributed by atoms with E-state index in [2.05, 4.69) is 9.71 Å². The molecule has 2 aromatic carbocycles. The minimum absolute atomic E-state index is 0.0767. The molecule has 0 saturated heterocycles. The largest absolute Gasteiger partial charge is 0.490 e. The van der Waals surface area contributed by atoms with Crippen molar-refractivity contribution in [1.29, 1.82) is 0 Å². The molecule has 9 heteroatoms. The Balaban J connectivity index is 1.58. The number of hydrogen-bond acceptors (Lipinski definition) is 6. The number of aromatic nitrogens is 1. The SMILES string of the molecule is Cc1ccc(CCC(=O)C(C)c2ccc(NS(C)(=O)=O)c(F)c2)c(OCCOc2ccccc2)n1. The molecule has 1 heterocycles. The fraction of sp³-hybridized carbons (Fsp3) is 0.308. The number of ketones is 1. The number of hydrogen-bond donors (Lipinski definition) is 1. The number of para-hydroxylation sites is 1. The van der Waals surface area contributed by atoms with Crippen LogP contribution in [-0.4, -0.2) is 38.7 Å². The lowest BCUT2D eigenvalue weighted by Gasteiger charge is -2.14. The van der Waals surface area contributed by atoms with Crippen LogP contribution < -0.4 is 14.2 Å². The van der Waals surface area contributed by atoms with Crippen LogP contribution in [0.25, 0.3) is 0 Å². The van der Waals surface area contributed by atoms with Crippen LogP contribution in [0.5, 0.6) is 11.6 Å². The normalized spacial score (nSPS) is 12.1. The van der Waals surface area contributed by atoms with Crippen molar-refractivity contribution in [3.05, 3.63) is 83.3 Å². The molecule has 3 rings (SSSR count). The number of aryl methyl sites for hydroxylation is 2. The summed E-state index contributed by atoms with van der Waals surface area (Å²) in [6.45, 7) is 4.22. The molecular formula is C26H29FN2O5S. The van der Waals surface area contributed by atoms with Gasteiger partial charge in [0.15, 0.2) is 0 Å². The monoisotopic (exact) mass is 500 g/mol. The van der Waals surface area contributed by atoms with E-state index < -0.39 is 21.8 Å². The summed E-state index contributed by atoms with van der Waals surface area (Å²) >= 11 is 0. The number of carbonyl (C=O) groups excluding carboxylic acids is 1. The van der Waals surface area contributed by atoms with Gasteiger partial charge < -0.3 is 9.47 Å². The molecular weight excluding hydrogens is 471 g/mol. The van der Waals surface area contributed by atoms with Gasteiger partial charge >= 0.3 is 0 Å². The number of sulfonamides is 1. The van der Waals surface area contributed by atoms with E-state index in [1.54, 1.807) is 13.0 Å². The van der Waals surface area contributed by atoms with Crippen molar-refractivity contribution < 1.29 is 27.1 Å². The van der Waals surface area contributed by atoms with E-state index in [0.29, 0.717) is 31.1 Å². The third kappa shape index (κ3) is 8.06. The van der Waals surface area contributed by atoms with Crippen molar-refractivity contribution in [2.24, 2.45) is 0 Å². The molecule has 186 valence electrons. The van der Waals surface area contributed by atoms with Crippen LogP contribution in [0.2, 0.25) is 0 Å². The fourth-order valence-electron chi connectivity index (χ4n) is 3.44. The highest BCUT2D eigenvalue weighted by atomic mass is 32.2. The van der Waals surface area contributed by atoms with Gasteiger partial charge in [-0.15, -0.1) is 0 Å². The van der Waals surface area contributed by atoms with Crippen LogP contribution in [0.4, 0.5) is 10.1 Å². The van der Waals surface area contributed by atoms with Gasteiger partial charge in [-0.05, 0) is 49.2 Å². The topological polar surface area (TPSA) is 94.6 Å². The van der Waals surface area contributed by atoms with E-state index in [9.17, 15) is 17.6 Å². The standard InChI is InChI=1S/C26H29FN2O5S/c1-18-9-10-20(26(28-18)34-16-15-33-22-7-5-4-6-8-22)12-14-25(30)19(2)21-11-13-24(23(27)17-21)29-35(3,31)32/h4-11,13,17,19,29H,12,14-16H2,1-3H3. The Labute approximate surface area is 205 Å². The smallest absolute Gasteiger partial charge is 0.229 e. The summed E-state index contributed by atoms with van der Waals surface area (Å²) in [7, 11) is -3.60. The summed E-state index contributed by atoms with van der Waals surface area (Å²) in [5.41, 5.74) is 1.92. The maximum absolute atomic E-state index is 14.3. The zero-order chi connectivity index (χ0) is 25.4. The Morgan fingerprint density at radius 1 is 1.06 bits per heavy atom. The number of halogens is 1. The first-order valence-corrected chi connectivity index (χ1v) is 13.1. The van der Waals surface area contributed by atoms with Crippen LogP contribution in [0, 0.1) is 12.7 Å². The van der Waals surface area contributed by atoms with Crippen LogP contribution >= 0.6 is 0 Å². The third-order valence-corrected chi connectivity index (χ3v) is 5.92. The number of nitrogens with one attached hydrogen (secondary N) is 1. The number of Topliss-reactive ketones (excluding diaryl/α,β-unsaturated/α-hetero) is 1. The van der Waals surface area contributed by atoms with E-state index in [1.807, 2.05) is 49.4 Å². The molecule has 0 bridgehead atoms. The molecule has 1 aromatic heterocycles. The van der Waals surface area contributed by atoms with Crippen molar-refractivity contribution >= 4 is 21.5 Å². The van der Waals surface area contributed by atoms with Gasteiger partial charge in [0.05, 0.1) is 11.9 Å². The molecule has 0 fully saturated rings. The highest BCUT2D eigenvalue weighted by Gasteiger charge is 2.19. The summed E-state index contributed by atoms with van der Waals surface area (Å²) in [6, 6.07) is 17.2. The molecule has 0 spiro atoms. The van der Waals surface area contributed by atoms with Gasteiger partial charge in [-0.25, -0.2) is 17.8 Å². The molecule has 0 saturated carbocycles. The predicted octanol–water partition coefficient (Wildman–Crippen LogP) is 4.66. The van der Waals surface area contributed by atoms with Gasteiger partial charge in [0, 0.05) is 23.6 Å². The molecule has 0 aliphatic carbocycles. The lowest BCUT2D eigenvalue weighted by molar-refractivity contribution is -0.120. The van der Waals surface area contributed by atoms with Crippen LogP contribution in [-0.2, 0) is 21.2 Å². The molecule has 0 amide bonds. The van der Waals surface area contributed by atoms with Gasteiger partial charge in [-0.3, -0.25) is 9.52 Å². The van der Waals surface area contributed by atoms with E-state index in [0.717, 1.165) is 23.3 Å². The second kappa shape index (κ2) is 11.8. The second-order valence-corrected chi connectivity index (χ2v) is 9.98. The summed E-state index contributed by atoms with van der Waals surface area (Å²) < 4.78 is 50.6. The summed E-state index contributed by atoms with van der Waals surface area (Å²) in [5, 5.41) is 0. The first-order valence-electron chi connectivity index (χ1n) is 11.2. The van der Waals surface area contributed by atoms with Gasteiger partial charge in [-0.2, -0.15) is 0 Å². The number of carbonyl (C=O) groups is 1. The quantitative estimate of drug-likeness (QED) is 0.364. The lowest BCUT2D eigenvalue weighted by atomic mass is 9.93. The van der Waals surface area contributed by atoms with Crippen LogP contribution in [0.15, 0.2) is 60.7 Å². The number of rotatable bonds is 12. The third-order valence-electron chi connectivity index (χ3n) is 5.32. The Morgan fingerprint density at radius 2 is 1.77 bits per heavy atom. The van der Waals surface area contributed by atoms with Crippen molar-refractivity contribution in [3.63, 3.8) is 0 Å². The van der Waals surface area contributed by atoms with Gasteiger partial charge in [-0.1, -0.05) is 37.3 Å².